The second-order valence-electron chi connectivity index (χ2n) is 15.1. The van der Waals surface area contributed by atoms with Crippen LogP contribution in [0.25, 0.3) is 0 Å². The zero-order valence-electron chi connectivity index (χ0n) is 24.0. The molecular formula is C33H52O3. The molecule has 6 fully saturated rings. The van der Waals surface area contributed by atoms with Crippen LogP contribution < -0.4 is 0 Å². The lowest BCUT2D eigenvalue weighted by Crippen LogP contribution is -2.68. The van der Waals surface area contributed by atoms with Crippen LogP contribution >= 0.6 is 0 Å². The van der Waals surface area contributed by atoms with E-state index in [2.05, 4.69) is 48.1 Å². The Kier molecular flexibility index (Phi) is 5.55. The van der Waals surface area contributed by atoms with Gasteiger partial charge < -0.3 is 9.84 Å². The van der Waals surface area contributed by atoms with Crippen molar-refractivity contribution in [3.8, 4) is 0 Å². The normalized spacial score (nSPS) is 54.6. The lowest BCUT2D eigenvalue weighted by Gasteiger charge is -2.74. The largest absolute Gasteiger partial charge is 0.461 e. The van der Waals surface area contributed by atoms with Gasteiger partial charge >= 0.3 is 5.97 Å². The third kappa shape index (κ3) is 2.68. The number of carbonyl (C=O) groups is 1. The highest BCUT2D eigenvalue weighted by Crippen LogP contribution is 2.79. The third-order valence-corrected chi connectivity index (χ3v) is 14.7. The van der Waals surface area contributed by atoms with Crippen LogP contribution in [0, 0.1) is 56.7 Å². The minimum Gasteiger partial charge on any atom is -0.461 e. The molecule has 1 N–H and O–H groups in total. The highest BCUT2D eigenvalue weighted by molar-refractivity contribution is 5.81. The molecule has 3 nitrogen and oxygen atoms in total. The number of hydrogen-bond acceptors (Lipinski definition) is 3. The van der Waals surface area contributed by atoms with E-state index in [1.54, 1.807) is 0 Å². The fourth-order valence-electron chi connectivity index (χ4n) is 12.9. The van der Waals surface area contributed by atoms with Crippen molar-refractivity contribution in [1.82, 2.24) is 0 Å². The molecule has 5 aliphatic carbocycles. The molecule has 11 unspecified atom stereocenters. The summed E-state index contributed by atoms with van der Waals surface area (Å²) in [6.07, 6.45) is 13.9. The first-order chi connectivity index (χ1) is 17.0. The molecule has 202 valence electrons. The summed E-state index contributed by atoms with van der Waals surface area (Å²) in [6.45, 7) is 19.2. The smallest absolute Gasteiger partial charge is 0.312 e. The molecule has 1 aliphatic heterocycles. The molecule has 1 saturated heterocycles. The van der Waals surface area contributed by atoms with Crippen LogP contribution in [-0.2, 0) is 9.53 Å². The summed E-state index contributed by atoms with van der Waals surface area (Å²) in [5.41, 5.74) is 2.04. The Morgan fingerprint density at radius 1 is 0.972 bits per heavy atom. The van der Waals surface area contributed by atoms with Gasteiger partial charge in [-0.15, -0.1) is 0 Å². The zero-order valence-corrected chi connectivity index (χ0v) is 24.0. The van der Waals surface area contributed by atoms with Crippen LogP contribution in [0.1, 0.15) is 119 Å². The maximum atomic E-state index is 13.4. The van der Waals surface area contributed by atoms with Gasteiger partial charge in [-0.25, -0.2) is 0 Å². The molecule has 0 aromatic rings. The SMILES string of the molecule is C=C(CC)C1C2CC3(CCC4(C)C(CCC5C6(CC)CCC(O)C(C)(C)C6CCC54CC)C13)C(=O)O2. The van der Waals surface area contributed by atoms with Gasteiger partial charge in [-0.05, 0) is 116 Å². The predicted octanol–water partition coefficient (Wildman–Crippen LogP) is 7.71. The molecule has 2 bridgehead atoms. The van der Waals surface area contributed by atoms with Crippen LogP contribution in [0.15, 0.2) is 12.2 Å². The summed E-state index contributed by atoms with van der Waals surface area (Å²) >= 11 is 0. The van der Waals surface area contributed by atoms with E-state index < -0.39 is 0 Å². The van der Waals surface area contributed by atoms with E-state index in [4.69, 9.17) is 4.74 Å². The number of carbonyl (C=O) groups excluding carboxylic acids is 1. The molecule has 36 heavy (non-hydrogen) atoms. The summed E-state index contributed by atoms with van der Waals surface area (Å²) in [5, 5.41) is 11.1. The van der Waals surface area contributed by atoms with Crippen molar-refractivity contribution in [3.63, 3.8) is 0 Å². The first-order valence-electron chi connectivity index (χ1n) is 15.6. The Morgan fingerprint density at radius 3 is 2.39 bits per heavy atom. The lowest BCUT2D eigenvalue weighted by atomic mass is 9.30. The summed E-state index contributed by atoms with van der Waals surface area (Å²) in [4.78, 5) is 13.4. The summed E-state index contributed by atoms with van der Waals surface area (Å²) in [7, 11) is 0. The molecule has 1 spiro atoms. The van der Waals surface area contributed by atoms with Crippen molar-refractivity contribution in [3.05, 3.63) is 12.2 Å². The van der Waals surface area contributed by atoms with Crippen molar-refractivity contribution in [2.75, 3.05) is 0 Å². The predicted molar refractivity (Wildman–Crippen MR) is 144 cm³/mol. The minimum atomic E-state index is -0.240. The van der Waals surface area contributed by atoms with Gasteiger partial charge in [0.2, 0.25) is 0 Å². The molecule has 1 heterocycles. The standard InChI is InChI=1S/C33H52O3/c1-8-20(4)26-22-19-32(28(35)36-22)18-17-30(7)21(27(26)32)11-12-24-31(9-2)15-14-25(34)29(5,6)23(31)13-16-33(24,30)10-3/h21-27,34H,4,8-19H2,1-3,5-7H3. The zero-order chi connectivity index (χ0) is 25.9. The third-order valence-electron chi connectivity index (χ3n) is 14.7. The minimum absolute atomic E-state index is 0.000856. The number of aliphatic hydroxyl groups is 1. The number of fused-ring (bicyclic) bond motifs is 7. The van der Waals surface area contributed by atoms with E-state index in [-0.39, 0.29) is 34.4 Å². The first kappa shape index (κ1) is 25.4. The average Bonchev–Trinajstić information content (AvgIpc) is 3.36. The number of ether oxygens (including phenoxy) is 1. The van der Waals surface area contributed by atoms with E-state index in [0.717, 1.165) is 31.6 Å². The quantitative estimate of drug-likeness (QED) is 0.320. The maximum absolute atomic E-state index is 13.4. The fraction of sp³-hybridized carbons (Fsp3) is 0.909. The van der Waals surface area contributed by atoms with E-state index in [1.807, 2.05) is 0 Å². The second-order valence-corrected chi connectivity index (χ2v) is 15.1. The number of esters is 1. The van der Waals surface area contributed by atoms with E-state index in [1.165, 1.54) is 56.9 Å². The number of hydrogen-bond donors (Lipinski definition) is 1. The van der Waals surface area contributed by atoms with Gasteiger partial charge in [0.15, 0.2) is 0 Å². The molecule has 0 aromatic heterocycles. The molecule has 11 atom stereocenters. The average molecular weight is 497 g/mol. The van der Waals surface area contributed by atoms with Gasteiger partial charge in [0.05, 0.1) is 11.5 Å². The van der Waals surface area contributed by atoms with Gasteiger partial charge in [-0.1, -0.05) is 53.7 Å². The van der Waals surface area contributed by atoms with Crippen LogP contribution in [-0.4, -0.2) is 23.3 Å². The number of aliphatic hydroxyl groups excluding tert-OH is 1. The lowest BCUT2D eigenvalue weighted by molar-refractivity contribution is -0.263. The van der Waals surface area contributed by atoms with Crippen molar-refractivity contribution >= 4 is 5.97 Å². The highest BCUT2D eigenvalue weighted by Gasteiger charge is 2.76. The van der Waals surface area contributed by atoms with Crippen LogP contribution in [0.4, 0.5) is 0 Å². The molecule has 0 aromatic carbocycles. The van der Waals surface area contributed by atoms with Crippen molar-refractivity contribution < 1.29 is 14.6 Å². The molecule has 6 rings (SSSR count). The Morgan fingerprint density at radius 2 is 1.72 bits per heavy atom. The molecule has 0 amide bonds. The van der Waals surface area contributed by atoms with Crippen LogP contribution in [0.5, 0.6) is 0 Å². The van der Waals surface area contributed by atoms with Crippen LogP contribution in [0.3, 0.4) is 0 Å². The fourth-order valence-corrected chi connectivity index (χ4v) is 12.9. The van der Waals surface area contributed by atoms with Crippen molar-refractivity contribution in [2.24, 2.45) is 56.7 Å². The van der Waals surface area contributed by atoms with Crippen molar-refractivity contribution in [1.29, 1.82) is 0 Å². The Bertz CT molecular complexity index is 953. The number of rotatable bonds is 4. The molecule has 5 saturated carbocycles. The molecular weight excluding hydrogens is 444 g/mol. The van der Waals surface area contributed by atoms with Gasteiger partial charge in [-0.3, -0.25) is 4.79 Å². The Hall–Kier alpha value is -0.830. The van der Waals surface area contributed by atoms with Crippen molar-refractivity contribution in [2.45, 2.75) is 131 Å². The second kappa shape index (κ2) is 7.86. The van der Waals surface area contributed by atoms with Gasteiger partial charge in [0.25, 0.3) is 0 Å². The molecule has 0 radical (unpaired) electrons. The maximum Gasteiger partial charge on any atom is 0.312 e. The van der Waals surface area contributed by atoms with E-state index in [9.17, 15) is 9.90 Å². The summed E-state index contributed by atoms with van der Waals surface area (Å²) in [5.74, 6) is 2.87. The Labute approximate surface area is 220 Å². The first-order valence-corrected chi connectivity index (χ1v) is 15.6. The van der Waals surface area contributed by atoms with Gasteiger partial charge in [0.1, 0.15) is 6.10 Å². The van der Waals surface area contributed by atoms with Gasteiger partial charge in [-0.2, -0.15) is 0 Å². The van der Waals surface area contributed by atoms with Gasteiger partial charge in [0, 0.05) is 12.3 Å². The van der Waals surface area contributed by atoms with Crippen LogP contribution in [0.2, 0.25) is 0 Å². The summed E-state index contributed by atoms with van der Waals surface area (Å²) < 4.78 is 6.04. The highest BCUT2D eigenvalue weighted by atomic mass is 16.6. The summed E-state index contributed by atoms with van der Waals surface area (Å²) in [6, 6.07) is 0. The monoisotopic (exact) mass is 496 g/mol. The molecule has 3 heteroatoms. The van der Waals surface area contributed by atoms with E-state index >= 15 is 0 Å². The van der Waals surface area contributed by atoms with E-state index in [0.29, 0.717) is 34.5 Å². The Balaban J connectivity index is 1.45. The topological polar surface area (TPSA) is 46.5 Å². The molecule has 6 aliphatic rings.